The molecule has 2 amide bonds. The van der Waals surface area contributed by atoms with E-state index in [1.165, 1.54) is 34.8 Å². The molecule has 3 aromatic rings. The number of thiazole rings is 1. The number of halogens is 1. The highest BCUT2D eigenvalue weighted by Gasteiger charge is 2.35. The number of nitrogens with one attached hydrogen (secondary N) is 1. The zero-order chi connectivity index (χ0) is 23.4. The number of aromatic nitrogens is 1. The fourth-order valence-electron chi connectivity index (χ4n) is 4.40. The molecule has 1 aromatic heterocycles. The molecule has 7 heteroatoms. The summed E-state index contributed by atoms with van der Waals surface area (Å²) in [5, 5.41) is 3.96. The Balaban J connectivity index is 1.79. The lowest BCUT2D eigenvalue weighted by Gasteiger charge is -2.33. The molecule has 1 unspecified atom stereocenters. The smallest absolute Gasteiger partial charge is 0.271 e. The van der Waals surface area contributed by atoms with E-state index in [-0.39, 0.29) is 17.9 Å². The molecular weight excluding hydrogens is 437 g/mol. The van der Waals surface area contributed by atoms with E-state index < -0.39 is 11.9 Å². The van der Waals surface area contributed by atoms with Crippen LogP contribution in [0, 0.1) is 19.7 Å². The van der Waals surface area contributed by atoms with Crippen molar-refractivity contribution in [2.24, 2.45) is 0 Å². The van der Waals surface area contributed by atoms with E-state index in [1.54, 1.807) is 19.1 Å². The van der Waals surface area contributed by atoms with E-state index in [9.17, 15) is 14.0 Å². The zero-order valence-electron chi connectivity index (χ0n) is 18.9. The molecule has 5 nitrogen and oxygen atoms in total. The molecule has 1 atom stereocenters. The minimum atomic E-state index is -0.895. The number of rotatable bonds is 6. The first-order valence-electron chi connectivity index (χ1n) is 11.3. The van der Waals surface area contributed by atoms with Crippen molar-refractivity contribution in [1.29, 1.82) is 0 Å². The van der Waals surface area contributed by atoms with Crippen LogP contribution in [-0.2, 0) is 4.79 Å². The second-order valence-corrected chi connectivity index (χ2v) is 9.66. The third-order valence-electron chi connectivity index (χ3n) is 5.99. The summed E-state index contributed by atoms with van der Waals surface area (Å²) >= 11 is 1.30. The maximum absolute atomic E-state index is 13.9. The second-order valence-electron chi connectivity index (χ2n) is 8.46. The Morgan fingerprint density at radius 1 is 1.03 bits per heavy atom. The molecule has 1 heterocycles. The number of anilines is 1. The lowest BCUT2D eigenvalue weighted by atomic mass is 9.94. The summed E-state index contributed by atoms with van der Waals surface area (Å²) in [7, 11) is 0. The summed E-state index contributed by atoms with van der Waals surface area (Å²) in [4.78, 5) is 34.0. The molecule has 0 spiro atoms. The van der Waals surface area contributed by atoms with Gasteiger partial charge in [-0.05, 0) is 56.5 Å². The fourth-order valence-corrected chi connectivity index (χ4v) is 5.26. The summed E-state index contributed by atoms with van der Waals surface area (Å²) < 4.78 is 13.7. The van der Waals surface area contributed by atoms with Crippen LogP contribution in [0.25, 0.3) is 0 Å². The molecule has 1 aliphatic rings. The molecule has 1 fully saturated rings. The Hall–Kier alpha value is -3.06. The fraction of sp³-hybridized carbons (Fsp3) is 0.346. The van der Waals surface area contributed by atoms with E-state index in [1.807, 2.05) is 37.3 Å². The van der Waals surface area contributed by atoms with Gasteiger partial charge in [0.1, 0.15) is 16.7 Å². The van der Waals surface area contributed by atoms with Crippen molar-refractivity contribution in [2.75, 3.05) is 4.90 Å². The highest BCUT2D eigenvalue weighted by atomic mass is 32.1. The van der Waals surface area contributed by atoms with Crippen LogP contribution in [0.3, 0.4) is 0 Å². The predicted molar refractivity (Wildman–Crippen MR) is 129 cm³/mol. The monoisotopic (exact) mass is 465 g/mol. The molecular formula is C26H28FN3O2S. The minimum absolute atomic E-state index is 0.0926. The minimum Gasteiger partial charge on any atom is -0.351 e. The number of carbonyl (C=O) groups excluding carboxylic acids is 2. The van der Waals surface area contributed by atoms with Crippen LogP contribution >= 0.6 is 11.3 Å². The molecule has 1 saturated carbocycles. The van der Waals surface area contributed by atoms with Crippen LogP contribution in [0.5, 0.6) is 0 Å². The largest absolute Gasteiger partial charge is 0.351 e. The van der Waals surface area contributed by atoms with Gasteiger partial charge in [-0.2, -0.15) is 0 Å². The second kappa shape index (κ2) is 10.3. The van der Waals surface area contributed by atoms with Gasteiger partial charge in [-0.1, -0.05) is 49.6 Å². The Morgan fingerprint density at radius 3 is 2.30 bits per heavy atom. The first-order valence-corrected chi connectivity index (χ1v) is 12.1. The maximum atomic E-state index is 13.9. The van der Waals surface area contributed by atoms with Gasteiger partial charge in [0.25, 0.3) is 5.91 Å². The molecule has 0 bridgehead atoms. The van der Waals surface area contributed by atoms with Gasteiger partial charge in [0.05, 0.1) is 10.7 Å². The highest BCUT2D eigenvalue weighted by molar-refractivity contribution is 7.13. The highest BCUT2D eigenvalue weighted by Crippen LogP contribution is 2.32. The molecule has 0 saturated heterocycles. The van der Waals surface area contributed by atoms with Crippen LogP contribution in [-0.4, -0.2) is 22.8 Å². The van der Waals surface area contributed by atoms with Crippen LogP contribution in [0.2, 0.25) is 0 Å². The van der Waals surface area contributed by atoms with Gasteiger partial charge in [0, 0.05) is 11.7 Å². The van der Waals surface area contributed by atoms with Gasteiger partial charge in [-0.3, -0.25) is 14.5 Å². The molecule has 172 valence electrons. The normalized spacial score (nSPS) is 15.1. The number of hydrogen-bond donors (Lipinski definition) is 1. The van der Waals surface area contributed by atoms with Gasteiger partial charge in [0.2, 0.25) is 5.91 Å². The number of benzene rings is 2. The number of nitrogens with zero attached hydrogens (tertiary/aromatic N) is 2. The van der Waals surface area contributed by atoms with Crippen LogP contribution in [0.15, 0.2) is 54.6 Å². The molecule has 33 heavy (non-hydrogen) atoms. The van der Waals surface area contributed by atoms with Gasteiger partial charge in [-0.25, -0.2) is 9.37 Å². The Bertz CT molecular complexity index is 1110. The first kappa shape index (κ1) is 23.1. The third-order valence-corrected chi connectivity index (χ3v) is 7.06. The number of hydrogen-bond acceptors (Lipinski definition) is 4. The van der Waals surface area contributed by atoms with E-state index in [2.05, 4.69) is 10.3 Å². The van der Waals surface area contributed by atoms with Crippen molar-refractivity contribution in [3.8, 4) is 0 Å². The SMILES string of the molecule is Cc1nc(C)c(C(=O)N(c2ccc(F)cc2)C(C(=O)NC2CCCCC2)c2ccccc2)s1. The lowest BCUT2D eigenvalue weighted by molar-refractivity contribution is -0.123. The standard InChI is InChI=1S/C26H28FN3O2S/c1-17-24(33-18(2)28-17)26(32)30(22-15-13-20(27)14-16-22)23(19-9-5-3-6-10-19)25(31)29-21-11-7-4-8-12-21/h3,5-6,9-10,13-16,21,23H,4,7-8,11-12H2,1-2H3,(H,29,31). The number of aryl methyl sites for hydroxylation is 2. The third kappa shape index (κ3) is 5.30. The van der Waals surface area contributed by atoms with Crippen molar-refractivity contribution in [3.05, 3.63) is 81.6 Å². The van der Waals surface area contributed by atoms with Gasteiger partial charge in [0.15, 0.2) is 0 Å². The summed E-state index contributed by atoms with van der Waals surface area (Å²) in [5.41, 5.74) is 1.77. The summed E-state index contributed by atoms with van der Waals surface area (Å²) in [6.45, 7) is 3.64. The van der Waals surface area contributed by atoms with Crippen molar-refractivity contribution in [2.45, 2.75) is 58.0 Å². The van der Waals surface area contributed by atoms with Crippen LogP contribution in [0.4, 0.5) is 10.1 Å². The maximum Gasteiger partial charge on any atom is 0.271 e. The number of carbonyl (C=O) groups is 2. The van der Waals surface area contributed by atoms with Crippen molar-refractivity contribution >= 4 is 28.8 Å². The van der Waals surface area contributed by atoms with Crippen molar-refractivity contribution < 1.29 is 14.0 Å². The summed E-state index contributed by atoms with van der Waals surface area (Å²) in [6, 6.07) is 14.2. The lowest BCUT2D eigenvalue weighted by Crippen LogP contribution is -2.47. The van der Waals surface area contributed by atoms with Gasteiger partial charge < -0.3 is 5.32 Å². The predicted octanol–water partition coefficient (Wildman–Crippen LogP) is 5.74. The van der Waals surface area contributed by atoms with Gasteiger partial charge in [-0.15, -0.1) is 11.3 Å². The zero-order valence-corrected chi connectivity index (χ0v) is 19.7. The van der Waals surface area contributed by atoms with Crippen molar-refractivity contribution in [3.63, 3.8) is 0 Å². The first-order chi connectivity index (χ1) is 15.9. The molecule has 0 aliphatic heterocycles. The number of amides is 2. The van der Waals surface area contributed by atoms with E-state index in [0.717, 1.165) is 30.7 Å². The van der Waals surface area contributed by atoms with E-state index >= 15 is 0 Å². The Labute approximate surface area is 197 Å². The average Bonchev–Trinajstić information content (AvgIpc) is 3.16. The van der Waals surface area contributed by atoms with Crippen molar-refractivity contribution in [1.82, 2.24) is 10.3 Å². The molecule has 1 N–H and O–H groups in total. The van der Waals surface area contributed by atoms with Gasteiger partial charge >= 0.3 is 0 Å². The molecule has 1 aliphatic carbocycles. The Morgan fingerprint density at radius 2 is 1.70 bits per heavy atom. The topological polar surface area (TPSA) is 62.3 Å². The van der Waals surface area contributed by atoms with E-state index in [4.69, 9.17) is 0 Å². The molecule has 4 rings (SSSR count). The van der Waals surface area contributed by atoms with E-state index in [0.29, 0.717) is 21.8 Å². The molecule has 2 aromatic carbocycles. The summed E-state index contributed by atoms with van der Waals surface area (Å²) in [5.74, 6) is -0.957. The average molecular weight is 466 g/mol. The molecule has 0 radical (unpaired) electrons. The quantitative estimate of drug-likeness (QED) is 0.505. The van der Waals surface area contributed by atoms with Crippen LogP contribution < -0.4 is 10.2 Å². The summed E-state index contributed by atoms with van der Waals surface area (Å²) in [6.07, 6.45) is 5.22. The van der Waals surface area contributed by atoms with Crippen LogP contribution in [0.1, 0.15) is 64.1 Å². The Kier molecular flexibility index (Phi) is 7.18.